The van der Waals surface area contributed by atoms with E-state index in [0.717, 1.165) is 24.6 Å². The number of hydrogen-bond acceptors (Lipinski definition) is 5. The van der Waals surface area contributed by atoms with Crippen molar-refractivity contribution < 1.29 is 4.79 Å². The van der Waals surface area contributed by atoms with Crippen LogP contribution in [0.2, 0.25) is 5.02 Å². The molecule has 0 bridgehead atoms. The smallest absolute Gasteiger partial charge is 0.251 e. The number of benzene rings is 1. The molecule has 1 aliphatic heterocycles. The minimum Gasteiger partial charge on any atom is -0.370 e. The highest BCUT2D eigenvalue weighted by Crippen LogP contribution is 2.20. The first-order valence-electron chi connectivity index (χ1n) is 8.08. The van der Waals surface area contributed by atoms with Crippen molar-refractivity contribution in [3.8, 4) is 0 Å². The van der Waals surface area contributed by atoms with Gasteiger partial charge in [-0.1, -0.05) is 17.7 Å². The Balaban J connectivity index is 1.46. The van der Waals surface area contributed by atoms with E-state index in [1.54, 1.807) is 30.5 Å². The van der Waals surface area contributed by atoms with Crippen molar-refractivity contribution >= 4 is 29.0 Å². The number of nitrogens with one attached hydrogen (secondary N) is 2. The molecule has 2 aromatic rings. The first-order chi connectivity index (χ1) is 11.7. The molecule has 1 aromatic heterocycles. The minimum absolute atomic E-state index is 0.142. The summed E-state index contributed by atoms with van der Waals surface area (Å²) in [5.41, 5.74) is 1.64. The third kappa shape index (κ3) is 4.35. The number of anilines is 2. The fraction of sp³-hybridized carbons (Fsp3) is 0.353. The predicted molar refractivity (Wildman–Crippen MR) is 95.8 cm³/mol. The second-order valence-electron chi connectivity index (χ2n) is 5.69. The lowest BCUT2D eigenvalue weighted by Gasteiger charge is -2.17. The van der Waals surface area contributed by atoms with Crippen LogP contribution >= 0.6 is 11.6 Å². The van der Waals surface area contributed by atoms with Gasteiger partial charge in [0.25, 0.3) is 5.91 Å². The number of halogens is 1. The number of carbonyl (C=O) groups excluding carboxylic acids is 1. The molecule has 126 valence electrons. The van der Waals surface area contributed by atoms with E-state index in [9.17, 15) is 4.79 Å². The molecular formula is C17H20ClN5O. The lowest BCUT2D eigenvalue weighted by atomic mass is 10.2. The second kappa shape index (κ2) is 7.97. The Hall–Kier alpha value is -2.34. The number of nitrogens with zero attached hydrogens (tertiary/aromatic N) is 3. The van der Waals surface area contributed by atoms with Crippen LogP contribution in [0.1, 0.15) is 23.2 Å². The van der Waals surface area contributed by atoms with E-state index in [2.05, 4.69) is 25.7 Å². The molecule has 0 spiro atoms. The van der Waals surface area contributed by atoms with Crippen LogP contribution < -0.4 is 15.5 Å². The van der Waals surface area contributed by atoms with Crippen molar-refractivity contribution in [3.05, 3.63) is 47.1 Å². The van der Waals surface area contributed by atoms with Gasteiger partial charge in [0.15, 0.2) is 5.82 Å². The first-order valence-corrected chi connectivity index (χ1v) is 8.45. The molecule has 0 radical (unpaired) electrons. The first kappa shape index (κ1) is 16.5. The number of rotatable bonds is 6. The molecule has 0 atom stereocenters. The summed E-state index contributed by atoms with van der Waals surface area (Å²) in [6.07, 6.45) is 4.23. The van der Waals surface area contributed by atoms with E-state index >= 15 is 0 Å². The van der Waals surface area contributed by atoms with E-state index in [1.807, 2.05) is 6.07 Å². The minimum atomic E-state index is -0.142. The van der Waals surface area contributed by atoms with Crippen molar-refractivity contribution in [2.24, 2.45) is 0 Å². The van der Waals surface area contributed by atoms with Gasteiger partial charge in [-0.2, -0.15) is 5.10 Å². The Kier molecular flexibility index (Phi) is 5.48. The summed E-state index contributed by atoms with van der Waals surface area (Å²) < 4.78 is 0. The summed E-state index contributed by atoms with van der Waals surface area (Å²) in [6, 6.07) is 8.88. The Bertz CT molecular complexity index is 703. The maximum absolute atomic E-state index is 12.0. The highest BCUT2D eigenvalue weighted by atomic mass is 35.5. The standard InChI is InChI=1S/C17H20ClN5O/c18-14-5-3-4-13(10-14)17(24)20-7-6-19-16-11-15(12-21-22-16)23-8-1-2-9-23/h3-5,10-12H,1-2,6-9H2,(H,19,22)(H,20,24). The summed E-state index contributed by atoms with van der Waals surface area (Å²) in [5.74, 6) is 0.576. The van der Waals surface area contributed by atoms with Crippen molar-refractivity contribution in [2.45, 2.75) is 12.8 Å². The van der Waals surface area contributed by atoms with Gasteiger partial charge in [0.1, 0.15) is 0 Å². The van der Waals surface area contributed by atoms with Crippen molar-refractivity contribution in [1.29, 1.82) is 0 Å². The van der Waals surface area contributed by atoms with Gasteiger partial charge >= 0.3 is 0 Å². The van der Waals surface area contributed by atoms with E-state index in [0.29, 0.717) is 23.7 Å². The monoisotopic (exact) mass is 345 g/mol. The second-order valence-corrected chi connectivity index (χ2v) is 6.12. The van der Waals surface area contributed by atoms with E-state index in [-0.39, 0.29) is 5.91 Å². The number of aromatic nitrogens is 2. The zero-order valence-corrected chi connectivity index (χ0v) is 14.1. The van der Waals surface area contributed by atoms with Gasteiger partial charge in [0.05, 0.1) is 11.9 Å². The fourth-order valence-corrected chi connectivity index (χ4v) is 2.88. The number of carbonyl (C=O) groups is 1. The molecule has 0 unspecified atom stereocenters. The molecule has 0 saturated carbocycles. The van der Waals surface area contributed by atoms with Crippen LogP contribution in [0.25, 0.3) is 0 Å². The molecule has 0 aliphatic carbocycles. The van der Waals surface area contributed by atoms with E-state index < -0.39 is 0 Å². The van der Waals surface area contributed by atoms with Gasteiger partial charge in [-0.05, 0) is 31.0 Å². The molecule has 6 nitrogen and oxygen atoms in total. The lowest BCUT2D eigenvalue weighted by molar-refractivity contribution is 0.0955. The van der Waals surface area contributed by atoms with Gasteiger partial charge in [-0.3, -0.25) is 4.79 Å². The molecule has 1 aliphatic rings. The number of hydrogen-bond donors (Lipinski definition) is 2. The summed E-state index contributed by atoms with van der Waals surface area (Å²) in [5, 5.41) is 14.7. The SMILES string of the molecule is O=C(NCCNc1cc(N2CCCC2)cnn1)c1cccc(Cl)c1. The van der Waals surface area contributed by atoms with Gasteiger partial charge in [-0.25, -0.2) is 0 Å². The number of amides is 1. The van der Waals surface area contributed by atoms with Crippen molar-refractivity contribution in [2.75, 3.05) is 36.4 Å². The zero-order chi connectivity index (χ0) is 16.8. The molecule has 1 aromatic carbocycles. The molecule has 1 saturated heterocycles. The summed E-state index contributed by atoms with van der Waals surface area (Å²) in [4.78, 5) is 14.3. The molecular weight excluding hydrogens is 326 g/mol. The van der Waals surface area contributed by atoms with Gasteiger partial charge in [0.2, 0.25) is 0 Å². The average molecular weight is 346 g/mol. The Labute approximate surface area is 146 Å². The highest BCUT2D eigenvalue weighted by molar-refractivity contribution is 6.30. The Morgan fingerprint density at radius 1 is 1.21 bits per heavy atom. The van der Waals surface area contributed by atoms with E-state index in [4.69, 9.17) is 11.6 Å². The van der Waals surface area contributed by atoms with Crippen LogP contribution in [0.3, 0.4) is 0 Å². The predicted octanol–water partition coefficient (Wildman–Crippen LogP) is 2.57. The molecule has 3 rings (SSSR count). The molecule has 7 heteroatoms. The molecule has 2 N–H and O–H groups in total. The van der Waals surface area contributed by atoms with Crippen molar-refractivity contribution in [1.82, 2.24) is 15.5 Å². The normalized spacial score (nSPS) is 13.8. The fourth-order valence-electron chi connectivity index (χ4n) is 2.69. The maximum Gasteiger partial charge on any atom is 0.251 e. The third-order valence-corrected chi connectivity index (χ3v) is 4.15. The maximum atomic E-state index is 12.0. The van der Waals surface area contributed by atoms with Crippen LogP contribution in [-0.4, -0.2) is 42.3 Å². The van der Waals surface area contributed by atoms with Crippen LogP contribution in [0, 0.1) is 0 Å². The molecule has 1 amide bonds. The van der Waals surface area contributed by atoms with Crippen LogP contribution in [0.5, 0.6) is 0 Å². The largest absolute Gasteiger partial charge is 0.370 e. The van der Waals surface area contributed by atoms with Crippen LogP contribution in [0.4, 0.5) is 11.5 Å². The highest BCUT2D eigenvalue weighted by Gasteiger charge is 2.13. The zero-order valence-electron chi connectivity index (χ0n) is 13.3. The summed E-state index contributed by atoms with van der Waals surface area (Å²) >= 11 is 5.89. The molecule has 1 fully saturated rings. The third-order valence-electron chi connectivity index (χ3n) is 3.91. The molecule has 24 heavy (non-hydrogen) atoms. The van der Waals surface area contributed by atoms with Gasteiger partial charge < -0.3 is 15.5 Å². The Morgan fingerprint density at radius 3 is 2.83 bits per heavy atom. The van der Waals surface area contributed by atoms with Gasteiger partial charge in [0, 0.05) is 42.8 Å². The van der Waals surface area contributed by atoms with E-state index in [1.165, 1.54) is 12.8 Å². The Morgan fingerprint density at radius 2 is 2.04 bits per heavy atom. The molecule has 2 heterocycles. The lowest BCUT2D eigenvalue weighted by Crippen LogP contribution is -2.29. The average Bonchev–Trinajstić information content (AvgIpc) is 3.13. The van der Waals surface area contributed by atoms with Crippen LogP contribution in [0.15, 0.2) is 36.5 Å². The summed E-state index contributed by atoms with van der Waals surface area (Å²) in [7, 11) is 0. The van der Waals surface area contributed by atoms with Crippen LogP contribution in [-0.2, 0) is 0 Å². The van der Waals surface area contributed by atoms with Crippen molar-refractivity contribution in [3.63, 3.8) is 0 Å². The topological polar surface area (TPSA) is 70.2 Å². The van der Waals surface area contributed by atoms with Gasteiger partial charge in [-0.15, -0.1) is 5.10 Å². The summed E-state index contributed by atoms with van der Waals surface area (Å²) in [6.45, 7) is 3.20. The quantitative estimate of drug-likeness (QED) is 0.787.